The number of nitrogens with one attached hydrogen (secondary N) is 1. The van der Waals surface area contributed by atoms with Gasteiger partial charge in [0.15, 0.2) is 0 Å². The first-order chi connectivity index (χ1) is 18.7. The van der Waals surface area contributed by atoms with Gasteiger partial charge in [0, 0.05) is 80.7 Å². The van der Waals surface area contributed by atoms with E-state index in [0.717, 1.165) is 106 Å². The molecule has 0 atom stereocenters. The molecule has 0 aromatic carbocycles. The van der Waals surface area contributed by atoms with Crippen LogP contribution in [0.1, 0.15) is 12.0 Å². The van der Waals surface area contributed by atoms with Gasteiger partial charge in [-0.1, -0.05) is 0 Å². The summed E-state index contributed by atoms with van der Waals surface area (Å²) in [6.07, 6.45) is 7.21. The minimum Gasteiger partial charge on any atom is -0.379 e. The third-order valence-corrected chi connectivity index (χ3v) is 7.17. The topological polar surface area (TPSA) is 131 Å². The molecule has 38 heavy (non-hydrogen) atoms. The molecule has 0 aliphatic carbocycles. The maximum absolute atomic E-state index is 5.75. The van der Waals surface area contributed by atoms with Crippen LogP contribution in [0.25, 0.3) is 11.3 Å². The van der Waals surface area contributed by atoms with Crippen LogP contribution in [0, 0.1) is 0 Å². The molecule has 3 N–H and O–H groups in total. The van der Waals surface area contributed by atoms with Crippen molar-refractivity contribution in [1.29, 1.82) is 0 Å². The second kappa shape index (κ2) is 11.4. The minimum atomic E-state index is 0.247. The summed E-state index contributed by atoms with van der Waals surface area (Å²) >= 11 is 0. The molecule has 0 unspecified atom stereocenters. The van der Waals surface area contributed by atoms with Crippen LogP contribution in [0.2, 0.25) is 0 Å². The van der Waals surface area contributed by atoms with E-state index in [1.54, 1.807) is 12.4 Å². The first-order valence-electron chi connectivity index (χ1n) is 13.3. The Hall–Kier alpha value is -3.61. The van der Waals surface area contributed by atoms with Crippen LogP contribution < -0.4 is 20.9 Å². The van der Waals surface area contributed by atoms with Crippen molar-refractivity contribution in [1.82, 2.24) is 29.8 Å². The number of nitrogen functional groups attached to an aromatic ring is 1. The Labute approximate surface area is 222 Å². The van der Waals surface area contributed by atoms with E-state index in [4.69, 9.17) is 25.2 Å². The number of fused-ring (bicyclic) bond motifs is 1. The van der Waals surface area contributed by atoms with Crippen LogP contribution >= 0.6 is 0 Å². The van der Waals surface area contributed by atoms with E-state index in [1.807, 2.05) is 12.3 Å². The number of ether oxygens (including phenoxy) is 2. The number of aromatic nitrogens is 5. The predicted octanol–water partition coefficient (Wildman–Crippen LogP) is 1.58. The number of morpholine rings is 2. The fourth-order valence-corrected chi connectivity index (χ4v) is 5.13. The summed E-state index contributed by atoms with van der Waals surface area (Å²) in [7, 11) is 0. The molecule has 2 saturated heterocycles. The van der Waals surface area contributed by atoms with Gasteiger partial charge in [-0.2, -0.15) is 4.98 Å². The monoisotopic (exact) mass is 518 g/mol. The van der Waals surface area contributed by atoms with E-state index in [0.29, 0.717) is 19.2 Å². The Morgan fingerprint density at radius 2 is 1.68 bits per heavy atom. The zero-order valence-corrected chi connectivity index (χ0v) is 21.6. The van der Waals surface area contributed by atoms with E-state index < -0.39 is 0 Å². The van der Waals surface area contributed by atoms with Crippen LogP contribution in [0.15, 0.2) is 30.7 Å². The highest BCUT2D eigenvalue weighted by molar-refractivity contribution is 5.77. The molecular formula is C26H34N10O2. The Balaban J connectivity index is 1.23. The molecule has 2 fully saturated rings. The summed E-state index contributed by atoms with van der Waals surface area (Å²) in [5.74, 6) is 2.72. The standard InChI is InChI=1S/C26H34N10O2/c27-25-30-17-19(18-31-25)23-21-3-7-36(24(21)33-26(32-23)35-10-14-38-15-11-35)20-2-5-29-22(16-20)28-4-1-6-34-8-12-37-13-9-34/h2,5,16-18H,1,3-4,6-15H2,(H,28,29)(H2,27,30,31). The van der Waals surface area contributed by atoms with Crippen LogP contribution in [-0.4, -0.2) is 102 Å². The third-order valence-electron chi connectivity index (χ3n) is 7.17. The lowest BCUT2D eigenvalue weighted by Crippen LogP contribution is -2.37. The molecule has 3 aromatic heterocycles. The van der Waals surface area contributed by atoms with Crippen molar-refractivity contribution in [3.63, 3.8) is 0 Å². The third kappa shape index (κ3) is 5.47. The highest BCUT2D eigenvalue weighted by Gasteiger charge is 2.29. The first-order valence-corrected chi connectivity index (χ1v) is 13.3. The molecule has 3 aliphatic rings. The summed E-state index contributed by atoms with van der Waals surface area (Å²) in [6, 6.07) is 4.14. The van der Waals surface area contributed by atoms with Gasteiger partial charge in [-0.05, 0) is 25.5 Å². The van der Waals surface area contributed by atoms with E-state index in [9.17, 15) is 0 Å². The lowest BCUT2D eigenvalue weighted by Gasteiger charge is -2.28. The average molecular weight is 519 g/mol. The van der Waals surface area contributed by atoms with Gasteiger partial charge in [-0.25, -0.2) is 19.9 Å². The molecule has 3 aromatic rings. The Morgan fingerprint density at radius 1 is 0.921 bits per heavy atom. The number of rotatable bonds is 8. The normalized spacial score (nSPS) is 18.0. The first kappa shape index (κ1) is 24.7. The Kier molecular flexibility index (Phi) is 7.42. The largest absolute Gasteiger partial charge is 0.379 e. The number of nitrogens with two attached hydrogens (primary N) is 1. The number of pyridine rings is 1. The maximum atomic E-state index is 5.75. The molecule has 0 bridgehead atoms. The predicted molar refractivity (Wildman–Crippen MR) is 146 cm³/mol. The van der Waals surface area contributed by atoms with Crippen molar-refractivity contribution in [2.45, 2.75) is 12.8 Å². The van der Waals surface area contributed by atoms with Crippen LogP contribution in [0.3, 0.4) is 0 Å². The molecule has 0 saturated carbocycles. The SMILES string of the molecule is Nc1ncc(-c2nc(N3CCOCC3)nc3c2CCN3c2ccnc(NCCCN3CCOCC3)c2)cn1. The molecule has 12 nitrogen and oxygen atoms in total. The number of hydrogen-bond donors (Lipinski definition) is 2. The maximum Gasteiger partial charge on any atom is 0.228 e. The van der Waals surface area contributed by atoms with Gasteiger partial charge in [0.2, 0.25) is 11.9 Å². The number of nitrogens with zero attached hydrogens (tertiary/aromatic N) is 8. The van der Waals surface area contributed by atoms with Gasteiger partial charge in [0.1, 0.15) is 11.6 Å². The summed E-state index contributed by atoms with van der Waals surface area (Å²) < 4.78 is 11.0. The van der Waals surface area contributed by atoms with E-state index in [2.05, 4.69) is 41.0 Å². The van der Waals surface area contributed by atoms with Crippen molar-refractivity contribution < 1.29 is 9.47 Å². The van der Waals surface area contributed by atoms with Crippen molar-refractivity contribution in [3.8, 4) is 11.3 Å². The number of anilines is 5. The number of hydrogen-bond acceptors (Lipinski definition) is 12. The van der Waals surface area contributed by atoms with E-state index in [1.165, 1.54) is 0 Å². The van der Waals surface area contributed by atoms with Crippen LogP contribution in [0.5, 0.6) is 0 Å². The second-order valence-corrected chi connectivity index (χ2v) is 9.64. The molecule has 12 heteroatoms. The smallest absolute Gasteiger partial charge is 0.228 e. The average Bonchev–Trinajstić information content (AvgIpc) is 3.41. The molecule has 0 radical (unpaired) electrons. The highest BCUT2D eigenvalue weighted by Crippen LogP contribution is 2.39. The quantitative estimate of drug-likeness (QED) is 0.420. The molecule has 6 rings (SSSR count). The second-order valence-electron chi connectivity index (χ2n) is 9.64. The molecule has 3 aliphatic heterocycles. The van der Waals surface area contributed by atoms with Crippen LogP contribution in [0.4, 0.5) is 29.2 Å². The van der Waals surface area contributed by atoms with Gasteiger partial charge in [-0.15, -0.1) is 0 Å². The zero-order chi connectivity index (χ0) is 25.7. The van der Waals surface area contributed by atoms with Crippen molar-refractivity contribution in [3.05, 3.63) is 36.3 Å². The summed E-state index contributed by atoms with van der Waals surface area (Å²) in [4.78, 5) is 29.9. The zero-order valence-electron chi connectivity index (χ0n) is 21.6. The summed E-state index contributed by atoms with van der Waals surface area (Å²) in [5.41, 5.74) is 9.59. The van der Waals surface area contributed by atoms with Gasteiger partial charge < -0.3 is 30.3 Å². The van der Waals surface area contributed by atoms with Crippen molar-refractivity contribution in [2.24, 2.45) is 0 Å². The summed E-state index contributed by atoms with van der Waals surface area (Å²) in [6.45, 7) is 9.26. The van der Waals surface area contributed by atoms with E-state index >= 15 is 0 Å². The van der Waals surface area contributed by atoms with Crippen molar-refractivity contribution >= 4 is 29.2 Å². The summed E-state index contributed by atoms with van der Waals surface area (Å²) in [5, 5.41) is 3.50. The van der Waals surface area contributed by atoms with Gasteiger partial charge in [0.05, 0.1) is 32.1 Å². The van der Waals surface area contributed by atoms with E-state index in [-0.39, 0.29) is 5.95 Å². The lowest BCUT2D eigenvalue weighted by atomic mass is 10.1. The van der Waals surface area contributed by atoms with Crippen molar-refractivity contribution in [2.75, 3.05) is 93.1 Å². The Morgan fingerprint density at radius 3 is 2.47 bits per heavy atom. The highest BCUT2D eigenvalue weighted by atomic mass is 16.5. The fourth-order valence-electron chi connectivity index (χ4n) is 5.13. The van der Waals surface area contributed by atoms with Gasteiger partial charge in [0.25, 0.3) is 0 Å². The molecular weight excluding hydrogens is 484 g/mol. The molecule has 0 amide bonds. The molecule has 6 heterocycles. The minimum absolute atomic E-state index is 0.247. The Bertz CT molecular complexity index is 1230. The molecule has 0 spiro atoms. The van der Waals surface area contributed by atoms with Gasteiger partial charge >= 0.3 is 0 Å². The van der Waals surface area contributed by atoms with Crippen LogP contribution in [-0.2, 0) is 15.9 Å². The molecule has 200 valence electrons. The lowest BCUT2D eigenvalue weighted by molar-refractivity contribution is 0.0378. The fraction of sp³-hybridized carbons (Fsp3) is 0.500. The van der Waals surface area contributed by atoms with Gasteiger partial charge in [-0.3, -0.25) is 4.90 Å².